The fraction of sp³-hybridized carbons (Fsp3) is 0.222. The van der Waals surface area contributed by atoms with Crippen LogP contribution in [0.2, 0.25) is 5.02 Å². The van der Waals surface area contributed by atoms with E-state index in [0.29, 0.717) is 6.29 Å². The molecule has 0 heterocycles. The summed E-state index contributed by atoms with van der Waals surface area (Å²) >= 11 is 8.02. The molecule has 0 aliphatic carbocycles. The van der Waals surface area contributed by atoms with Crippen LogP contribution in [0.1, 0.15) is 12.0 Å². The summed E-state index contributed by atoms with van der Waals surface area (Å²) in [7, 11) is 0. The molecule has 0 saturated carbocycles. The summed E-state index contributed by atoms with van der Waals surface area (Å²) in [6.45, 7) is 0. The molecule has 6 heteroatoms. The third-order valence-corrected chi connectivity index (χ3v) is 2.90. The normalized spacial score (nSPS) is 10.5. The van der Waals surface area contributed by atoms with Crippen LogP contribution in [0.15, 0.2) is 4.47 Å². The standard InChI is InChI=1S/C9H5BrClF3O/c10-5-8(13)6(11)4(2-1-3-15)7(12)9(5)14/h3H,1-2H2. The van der Waals surface area contributed by atoms with Gasteiger partial charge in [-0.2, -0.15) is 0 Å². The van der Waals surface area contributed by atoms with Gasteiger partial charge in [0.05, 0.1) is 9.50 Å². The number of carbonyl (C=O) groups excluding carboxylic acids is 1. The molecule has 82 valence electrons. The summed E-state index contributed by atoms with van der Waals surface area (Å²) in [5.41, 5.74) is -0.318. The Kier molecular flexibility index (Phi) is 4.16. The Morgan fingerprint density at radius 1 is 1.20 bits per heavy atom. The molecular formula is C9H5BrClF3O. The van der Waals surface area contributed by atoms with Gasteiger partial charge < -0.3 is 4.79 Å². The lowest BCUT2D eigenvalue weighted by molar-refractivity contribution is -0.107. The summed E-state index contributed by atoms with van der Waals surface area (Å²) in [5, 5.41) is -0.498. The van der Waals surface area contributed by atoms with E-state index in [1.165, 1.54) is 0 Å². The zero-order chi connectivity index (χ0) is 11.6. The number of aldehydes is 1. The maximum atomic E-state index is 13.3. The van der Waals surface area contributed by atoms with E-state index < -0.39 is 26.9 Å². The fourth-order valence-corrected chi connectivity index (χ4v) is 1.83. The molecule has 0 amide bonds. The quantitative estimate of drug-likeness (QED) is 0.473. The molecule has 0 aromatic heterocycles. The van der Waals surface area contributed by atoms with Crippen LogP contribution in [-0.4, -0.2) is 6.29 Å². The fourth-order valence-electron chi connectivity index (χ4n) is 1.07. The number of carbonyl (C=O) groups is 1. The molecule has 0 radical (unpaired) electrons. The first-order valence-corrected chi connectivity index (χ1v) is 5.11. The third kappa shape index (κ3) is 2.34. The number of rotatable bonds is 3. The molecule has 0 spiro atoms. The highest BCUT2D eigenvalue weighted by Crippen LogP contribution is 2.32. The van der Waals surface area contributed by atoms with E-state index in [2.05, 4.69) is 15.9 Å². The van der Waals surface area contributed by atoms with Crippen molar-refractivity contribution in [3.05, 3.63) is 32.5 Å². The monoisotopic (exact) mass is 300 g/mol. The summed E-state index contributed by atoms with van der Waals surface area (Å²) in [4.78, 5) is 10.1. The van der Waals surface area contributed by atoms with Crippen molar-refractivity contribution < 1.29 is 18.0 Å². The summed E-state index contributed by atoms with van der Waals surface area (Å²) in [6.07, 6.45) is 0.347. The highest BCUT2D eigenvalue weighted by atomic mass is 79.9. The molecular weight excluding hydrogens is 296 g/mol. The van der Waals surface area contributed by atoms with Crippen LogP contribution in [0.25, 0.3) is 0 Å². The maximum Gasteiger partial charge on any atom is 0.176 e. The minimum absolute atomic E-state index is 0.0445. The van der Waals surface area contributed by atoms with Crippen LogP contribution in [-0.2, 0) is 11.2 Å². The summed E-state index contributed by atoms with van der Waals surface area (Å²) < 4.78 is 38.9. The Hall–Kier alpha value is -0.550. The van der Waals surface area contributed by atoms with Crippen molar-refractivity contribution in [1.29, 1.82) is 0 Å². The third-order valence-electron chi connectivity index (χ3n) is 1.81. The average Bonchev–Trinajstić information content (AvgIpc) is 2.24. The van der Waals surface area contributed by atoms with E-state index in [1.807, 2.05) is 0 Å². The van der Waals surface area contributed by atoms with Crippen LogP contribution in [0.4, 0.5) is 13.2 Å². The second-order valence-corrected chi connectivity index (χ2v) is 3.92. The molecule has 0 fully saturated rings. The van der Waals surface area contributed by atoms with Crippen LogP contribution in [0.5, 0.6) is 0 Å². The van der Waals surface area contributed by atoms with Gasteiger partial charge >= 0.3 is 0 Å². The Morgan fingerprint density at radius 3 is 2.33 bits per heavy atom. The Balaban J connectivity index is 3.31. The van der Waals surface area contributed by atoms with Gasteiger partial charge in [0.2, 0.25) is 0 Å². The second kappa shape index (κ2) is 4.99. The zero-order valence-corrected chi connectivity index (χ0v) is 9.63. The van der Waals surface area contributed by atoms with Gasteiger partial charge in [0.15, 0.2) is 17.5 Å². The van der Waals surface area contributed by atoms with Gasteiger partial charge in [0.25, 0.3) is 0 Å². The van der Waals surface area contributed by atoms with E-state index in [9.17, 15) is 18.0 Å². The van der Waals surface area contributed by atoms with Gasteiger partial charge in [0, 0.05) is 12.0 Å². The van der Waals surface area contributed by atoms with E-state index in [1.54, 1.807) is 0 Å². The molecule has 15 heavy (non-hydrogen) atoms. The highest BCUT2D eigenvalue weighted by molar-refractivity contribution is 9.10. The van der Waals surface area contributed by atoms with Gasteiger partial charge in [-0.25, -0.2) is 13.2 Å². The first kappa shape index (κ1) is 12.5. The van der Waals surface area contributed by atoms with E-state index in [0.717, 1.165) is 0 Å². The lowest BCUT2D eigenvalue weighted by Crippen LogP contribution is -2.01. The summed E-state index contributed by atoms with van der Waals surface area (Å²) in [5.74, 6) is -3.62. The first-order valence-electron chi connectivity index (χ1n) is 3.94. The predicted octanol–water partition coefficient (Wildman–Crippen LogP) is 3.65. The van der Waals surface area contributed by atoms with Gasteiger partial charge in [0.1, 0.15) is 6.29 Å². The zero-order valence-electron chi connectivity index (χ0n) is 7.29. The number of hydrogen-bond donors (Lipinski definition) is 0. The van der Waals surface area contributed by atoms with Crippen LogP contribution < -0.4 is 0 Å². The first-order chi connectivity index (χ1) is 7.00. The Labute approximate surface area is 97.4 Å². The van der Waals surface area contributed by atoms with Crippen molar-refractivity contribution in [3.63, 3.8) is 0 Å². The SMILES string of the molecule is O=CCCc1c(F)c(F)c(Br)c(F)c1Cl. The average molecular weight is 301 g/mol. The second-order valence-electron chi connectivity index (χ2n) is 2.75. The van der Waals surface area contributed by atoms with Crippen molar-refractivity contribution in [2.24, 2.45) is 0 Å². The van der Waals surface area contributed by atoms with Gasteiger partial charge in [-0.1, -0.05) is 11.6 Å². The summed E-state index contributed by atoms with van der Waals surface area (Å²) in [6, 6.07) is 0. The number of halogens is 5. The molecule has 0 aliphatic rings. The van der Waals surface area contributed by atoms with Gasteiger partial charge in [-0.3, -0.25) is 0 Å². The van der Waals surface area contributed by atoms with Crippen LogP contribution in [0.3, 0.4) is 0 Å². The highest BCUT2D eigenvalue weighted by Gasteiger charge is 2.21. The molecule has 0 N–H and O–H groups in total. The maximum absolute atomic E-state index is 13.3. The molecule has 1 nitrogen and oxygen atoms in total. The molecule has 1 rings (SSSR count). The smallest absolute Gasteiger partial charge is 0.176 e. The van der Waals surface area contributed by atoms with Crippen molar-refractivity contribution in [1.82, 2.24) is 0 Å². The predicted molar refractivity (Wildman–Crippen MR) is 53.4 cm³/mol. The topological polar surface area (TPSA) is 17.1 Å². The minimum Gasteiger partial charge on any atom is -0.303 e. The van der Waals surface area contributed by atoms with Crippen LogP contribution in [0, 0.1) is 17.5 Å². The number of benzene rings is 1. The van der Waals surface area contributed by atoms with E-state index in [4.69, 9.17) is 11.6 Å². The van der Waals surface area contributed by atoms with Gasteiger partial charge in [-0.15, -0.1) is 0 Å². The number of hydrogen-bond acceptors (Lipinski definition) is 1. The van der Waals surface area contributed by atoms with Crippen molar-refractivity contribution >= 4 is 33.8 Å². The molecule has 0 bridgehead atoms. The Morgan fingerprint density at radius 2 is 1.80 bits per heavy atom. The van der Waals surface area contributed by atoms with Crippen molar-refractivity contribution in [3.8, 4) is 0 Å². The Bertz CT molecular complexity index is 380. The largest absolute Gasteiger partial charge is 0.303 e. The van der Waals surface area contributed by atoms with Crippen molar-refractivity contribution in [2.75, 3.05) is 0 Å². The van der Waals surface area contributed by atoms with Gasteiger partial charge in [-0.05, 0) is 22.4 Å². The molecule has 0 unspecified atom stereocenters. The van der Waals surface area contributed by atoms with E-state index >= 15 is 0 Å². The molecule has 0 aliphatic heterocycles. The van der Waals surface area contributed by atoms with Crippen LogP contribution >= 0.6 is 27.5 Å². The van der Waals surface area contributed by atoms with Crippen molar-refractivity contribution in [2.45, 2.75) is 12.8 Å². The lowest BCUT2D eigenvalue weighted by Gasteiger charge is -2.08. The molecule has 0 saturated heterocycles. The van der Waals surface area contributed by atoms with E-state index in [-0.39, 0.29) is 18.4 Å². The molecule has 1 aromatic carbocycles. The molecule has 0 atom stereocenters. The lowest BCUT2D eigenvalue weighted by atomic mass is 10.1. The molecule has 1 aromatic rings. The minimum atomic E-state index is -1.34.